The van der Waals surface area contributed by atoms with Crippen molar-refractivity contribution in [1.29, 1.82) is 0 Å². The zero-order chi connectivity index (χ0) is 15.4. The van der Waals surface area contributed by atoms with Gasteiger partial charge in [0.05, 0.1) is 5.60 Å². The molecule has 2 N–H and O–H groups in total. The summed E-state index contributed by atoms with van der Waals surface area (Å²) in [5, 5.41) is 21.7. The third-order valence-electron chi connectivity index (χ3n) is 6.44. The standard InChI is InChI=1S/C19H25NO2/c1-2-10-20-11-9-18-7-3-4-8-19(18,22)17(20)12-14-5-6-15(21)13-16(14)18/h2,5-6,13,17,21-22H,1,3-4,7-12H2/t17-,18+,19-/m1/s1. The van der Waals surface area contributed by atoms with Gasteiger partial charge in [0.15, 0.2) is 0 Å². The molecule has 0 aromatic heterocycles. The highest BCUT2D eigenvalue weighted by atomic mass is 16.3. The number of likely N-dealkylation sites (tertiary alicyclic amines) is 1. The van der Waals surface area contributed by atoms with Gasteiger partial charge < -0.3 is 10.2 Å². The van der Waals surface area contributed by atoms with Crippen molar-refractivity contribution in [3.05, 3.63) is 42.0 Å². The fourth-order valence-corrected chi connectivity index (χ4v) is 5.48. The third kappa shape index (κ3) is 1.70. The van der Waals surface area contributed by atoms with Gasteiger partial charge in [-0.3, -0.25) is 4.90 Å². The van der Waals surface area contributed by atoms with E-state index < -0.39 is 5.60 Å². The number of hydrogen-bond donors (Lipinski definition) is 2. The summed E-state index contributed by atoms with van der Waals surface area (Å²) in [5.41, 5.74) is 1.69. The van der Waals surface area contributed by atoms with Crippen molar-refractivity contribution in [2.45, 2.75) is 55.6 Å². The van der Waals surface area contributed by atoms with Gasteiger partial charge in [-0.15, -0.1) is 6.58 Å². The minimum atomic E-state index is -0.659. The molecular weight excluding hydrogens is 274 g/mol. The van der Waals surface area contributed by atoms with Crippen molar-refractivity contribution < 1.29 is 10.2 Å². The molecule has 2 aliphatic carbocycles. The van der Waals surface area contributed by atoms with Crippen molar-refractivity contribution in [2.24, 2.45) is 0 Å². The van der Waals surface area contributed by atoms with Gasteiger partial charge in [0.25, 0.3) is 0 Å². The fourth-order valence-electron chi connectivity index (χ4n) is 5.48. The van der Waals surface area contributed by atoms with Crippen LogP contribution in [0.3, 0.4) is 0 Å². The molecule has 4 rings (SSSR count). The number of phenolic OH excluding ortho intramolecular Hbond substituents is 1. The van der Waals surface area contributed by atoms with E-state index in [9.17, 15) is 10.2 Å². The van der Waals surface area contributed by atoms with Crippen LogP contribution in [-0.4, -0.2) is 39.8 Å². The quantitative estimate of drug-likeness (QED) is 0.825. The first kappa shape index (κ1) is 14.3. The van der Waals surface area contributed by atoms with Crippen molar-refractivity contribution in [2.75, 3.05) is 13.1 Å². The lowest BCUT2D eigenvalue weighted by molar-refractivity contribution is -0.163. The summed E-state index contributed by atoms with van der Waals surface area (Å²) in [7, 11) is 0. The minimum absolute atomic E-state index is 0.167. The molecule has 3 nitrogen and oxygen atoms in total. The molecule has 3 atom stereocenters. The first-order valence-electron chi connectivity index (χ1n) is 8.50. The highest BCUT2D eigenvalue weighted by Crippen LogP contribution is 2.58. The Morgan fingerprint density at radius 2 is 2.09 bits per heavy atom. The van der Waals surface area contributed by atoms with Crippen LogP contribution in [0.1, 0.15) is 43.2 Å². The molecule has 22 heavy (non-hydrogen) atoms. The second-order valence-electron chi connectivity index (χ2n) is 7.31. The van der Waals surface area contributed by atoms with Gasteiger partial charge in [0.1, 0.15) is 5.75 Å². The number of aliphatic hydroxyl groups is 1. The van der Waals surface area contributed by atoms with E-state index >= 15 is 0 Å². The molecule has 1 saturated heterocycles. The molecule has 118 valence electrons. The van der Waals surface area contributed by atoms with Crippen LogP contribution in [0.25, 0.3) is 0 Å². The first-order chi connectivity index (χ1) is 10.6. The summed E-state index contributed by atoms with van der Waals surface area (Å²) in [6.07, 6.45) is 7.99. The molecule has 2 bridgehead atoms. The van der Waals surface area contributed by atoms with E-state index in [1.54, 1.807) is 6.07 Å². The summed E-state index contributed by atoms with van der Waals surface area (Å²) >= 11 is 0. The zero-order valence-electron chi connectivity index (χ0n) is 13.1. The van der Waals surface area contributed by atoms with E-state index in [-0.39, 0.29) is 11.5 Å². The second kappa shape index (κ2) is 4.84. The third-order valence-corrected chi connectivity index (χ3v) is 6.44. The Morgan fingerprint density at radius 1 is 1.27 bits per heavy atom. The van der Waals surface area contributed by atoms with E-state index in [1.165, 1.54) is 17.5 Å². The van der Waals surface area contributed by atoms with Crippen LogP contribution in [0.2, 0.25) is 0 Å². The monoisotopic (exact) mass is 299 g/mol. The second-order valence-corrected chi connectivity index (χ2v) is 7.31. The molecule has 3 heteroatoms. The fraction of sp³-hybridized carbons (Fsp3) is 0.579. The molecule has 1 heterocycles. The lowest BCUT2D eigenvalue weighted by atomic mass is 9.49. The Balaban J connectivity index is 1.90. The Morgan fingerprint density at radius 3 is 2.91 bits per heavy atom. The molecule has 0 spiro atoms. The van der Waals surface area contributed by atoms with Crippen LogP contribution in [0.4, 0.5) is 0 Å². The summed E-state index contributed by atoms with van der Waals surface area (Å²) in [6.45, 7) is 5.74. The van der Waals surface area contributed by atoms with Crippen LogP contribution in [0.15, 0.2) is 30.9 Å². The summed E-state index contributed by atoms with van der Waals surface area (Å²) in [6, 6.07) is 5.95. The number of fused-ring (bicyclic) bond motifs is 1. The minimum Gasteiger partial charge on any atom is -0.508 e. The molecule has 0 amide bonds. The lowest BCUT2D eigenvalue weighted by Gasteiger charge is -2.63. The van der Waals surface area contributed by atoms with Crippen molar-refractivity contribution in [3.8, 4) is 5.75 Å². The molecule has 1 saturated carbocycles. The van der Waals surface area contributed by atoms with Crippen LogP contribution >= 0.6 is 0 Å². The number of benzene rings is 1. The van der Waals surface area contributed by atoms with Gasteiger partial charge in [0, 0.05) is 18.0 Å². The van der Waals surface area contributed by atoms with Gasteiger partial charge in [-0.1, -0.05) is 25.0 Å². The average Bonchev–Trinajstić information content (AvgIpc) is 2.50. The number of aromatic hydroxyl groups is 1. The van der Waals surface area contributed by atoms with Gasteiger partial charge >= 0.3 is 0 Å². The molecule has 0 unspecified atom stereocenters. The van der Waals surface area contributed by atoms with Crippen LogP contribution in [0.5, 0.6) is 5.75 Å². The lowest BCUT2D eigenvalue weighted by Crippen LogP contribution is -2.72. The predicted octanol–water partition coefficient (Wildman–Crippen LogP) is 2.75. The van der Waals surface area contributed by atoms with Crippen molar-refractivity contribution in [3.63, 3.8) is 0 Å². The first-order valence-corrected chi connectivity index (χ1v) is 8.50. The molecule has 2 fully saturated rings. The zero-order valence-corrected chi connectivity index (χ0v) is 13.1. The molecule has 0 radical (unpaired) electrons. The Hall–Kier alpha value is -1.32. The molecule has 1 aromatic carbocycles. The molecule has 3 aliphatic rings. The highest BCUT2D eigenvalue weighted by molar-refractivity contribution is 5.48. The van der Waals surface area contributed by atoms with E-state index in [2.05, 4.69) is 17.5 Å². The van der Waals surface area contributed by atoms with Crippen LogP contribution in [0, 0.1) is 0 Å². The van der Waals surface area contributed by atoms with Gasteiger partial charge in [0.2, 0.25) is 0 Å². The maximum absolute atomic E-state index is 11.7. The van der Waals surface area contributed by atoms with Crippen molar-refractivity contribution >= 4 is 0 Å². The van der Waals surface area contributed by atoms with Crippen LogP contribution < -0.4 is 0 Å². The summed E-state index contributed by atoms with van der Waals surface area (Å²) < 4.78 is 0. The maximum atomic E-state index is 11.7. The topological polar surface area (TPSA) is 43.7 Å². The van der Waals surface area contributed by atoms with Crippen molar-refractivity contribution in [1.82, 2.24) is 4.90 Å². The van der Waals surface area contributed by atoms with E-state index in [4.69, 9.17) is 0 Å². The number of hydrogen-bond acceptors (Lipinski definition) is 3. The van der Waals surface area contributed by atoms with Gasteiger partial charge in [-0.05, 0) is 55.5 Å². The highest BCUT2D eigenvalue weighted by Gasteiger charge is 2.62. The SMILES string of the molecule is C=CCN1CC[C@]23CCCC[C@@]2(O)[C@H]1Cc1ccc(O)cc13. The number of rotatable bonds is 2. The van der Waals surface area contributed by atoms with Gasteiger partial charge in [-0.2, -0.15) is 0 Å². The predicted molar refractivity (Wildman–Crippen MR) is 87.1 cm³/mol. The van der Waals surface area contributed by atoms with E-state index in [0.717, 1.165) is 45.2 Å². The Labute approximate surface area is 132 Å². The number of piperidine rings is 1. The molecule has 1 aromatic rings. The normalized spacial score (nSPS) is 37.2. The smallest absolute Gasteiger partial charge is 0.115 e. The average molecular weight is 299 g/mol. The molecule has 1 aliphatic heterocycles. The van der Waals surface area contributed by atoms with E-state index in [1.807, 2.05) is 12.1 Å². The molecular formula is C19H25NO2. The maximum Gasteiger partial charge on any atom is 0.115 e. The Kier molecular flexibility index (Phi) is 3.14. The van der Waals surface area contributed by atoms with Gasteiger partial charge in [-0.25, -0.2) is 0 Å². The van der Waals surface area contributed by atoms with E-state index in [0.29, 0.717) is 5.75 Å². The Bertz CT molecular complexity index is 613. The summed E-state index contributed by atoms with van der Waals surface area (Å²) in [5.74, 6) is 0.327. The largest absolute Gasteiger partial charge is 0.508 e. The van der Waals surface area contributed by atoms with Crippen LogP contribution in [-0.2, 0) is 11.8 Å². The summed E-state index contributed by atoms with van der Waals surface area (Å²) in [4.78, 5) is 2.41. The number of phenols is 1. The number of nitrogens with zero attached hydrogens (tertiary/aromatic N) is 1.